The fourth-order valence-corrected chi connectivity index (χ4v) is 5.51. The predicted molar refractivity (Wildman–Crippen MR) is 131 cm³/mol. The van der Waals surface area contributed by atoms with Crippen LogP contribution in [0.1, 0.15) is 63.1 Å². The molecule has 1 atom stereocenters. The summed E-state index contributed by atoms with van der Waals surface area (Å²) in [4.78, 5) is 19.2. The van der Waals surface area contributed by atoms with Gasteiger partial charge in [0.1, 0.15) is 0 Å². The molecule has 1 heterocycles. The maximum atomic E-state index is 14.0. The van der Waals surface area contributed by atoms with Crippen molar-refractivity contribution in [2.24, 2.45) is 0 Å². The quantitative estimate of drug-likeness (QED) is 0.233. The fraction of sp³-hybridized carbons (Fsp3) is 0.407. The van der Waals surface area contributed by atoms with Crippen molar-refractivity contribution in [1.82, 2.24) is 9.55 Å². The lowest BCUT2D eigenvalue weighted by atomic mass is 9.69. The average Bonchev–Trinajstić information content (AvgIpc) is 2.79. The van der Waals surface area contributed by atoms with Gasteiger partial charge in [0.2, 0.25) is 0 Å². The Morgan fingerprint density at radius 1 is 1.03 bits per heavy atom. The SMILES string of the molecule is CCCCCSc1nc2c(c(=O)n1Cc1ccccc1)[C@@](C)(CC)Cc1ccccc1-2. The molecule has 0 saturated carbocycles. The second kappa shape index (κ2) is 9.44. The van der Waals surface area contributed by atoms with Crippen LogP contribution in [0, 0.1) is 0 Å². The summed E-state index contributed by atoms with van der Waals surface area (Å²) in [5.41, 5.74) is 5.29. The molecule has 0 aliphatic heterocycles. The van der Waals surface area contributed by atoms with E-state index in [1.807, 2.05) is 22.8 Å². The first kappa shape index (κ1) is 21.9. The number of hydrogen-bond donors (Lipinski definition) is 0. The lowest BCUT2D eigenvalue weighted by Gasteiger charge is -2.36. The molecule has 0 saturated heterocycles. The van der Waals surface area contributed by atoms with Gasteiger partial charge in [0.05, 0.1) is 17.8 Å². The molecule has 0 N–H and O–H groups in total. The van der Waals surface area contributed by atoms with Crippen LogP contribution in [-0.4, -0.2) is 15.3 Å². The Balaban J connectivity index is 1.88. The highest BCUT2D eigenvalue weighted by molar-refractivity contribution is 7.99. The third-order valence-electron chi connectivity index (χ3n) is 6.53. The van der Waals surface area contributed by atoms with Gasteiger partial charge >= 0.3 is 0 Å². The average molecular weight is 433 g/mol. The van der Waals surface area contributed by atoms with Gasteiger partial charge < -0.3 is 0 Å². The molecule has 4 heteroatoms. The van der Waals surface area contributed by atoms with Crippen molar-refractivity contribution in [3.63, 3.8) is 0 Å². The molecular formula is C27H32N2OS. The molecule has 3 aromatic rings. The summed E-state index contributed by atoms with van der Waals surface area (Å²) in [5, 5.41) is 0.846. The smallest absolute Gasteiger partial charge is 0.258 e. The molecule has 3 nitrogen and oxygen atoms in total. The summed E-state index contributed by atoms with van der Waals surface area (Å²) in [6.07, 6.45) is 5.34. The van der Waals surface area contributed by atoms with E-state index >= 15 is 0 Å². The second-order valence-corrected chi connectivity index (χ2v) is 9.86. The molecule has 1 aliphatic rings. The highest BCUT2D eigenvalue weighted by Gasteiger charge is 2.38. The van der Waals surface area contributed by atoms with E-state index < -0.39 is 0 Å². The maximum Gasteiger partial charge on any atom is 0.258 e. The van der Waals surface area contributed by atoms with Gasteiger partial charge in [-0.05, 0) is 30.4 Å². The van der Waals surface area contributed by atoms with Crippen LogP contribution >= 0.6 is 11.8 Å². The normalized spacial score (nSPS) is 17.3. The third-order valence-corrected chi connectivity index (χ3v) is 7.60. The molecule has 162 valence electrons. The van der Waals surface area contributed by atoms with Gasteiger partial charge in [-0.3, -0.25) is 9.36 Å². The lowest BCUT2D eigenvalue weighted by molar-refractivity contribution is 0.430. The summed E-state index contributed by atoms with van der Waals surface area (Å²) >= 11 is 1.73. The largest absolute Gasteiger partial charge is 0.283 e. The topological polar surface area (TPSA) is 34.9 Å². The van der Waals surface area contributed by atoms with Crippen LogP contribution in [-0.2, 0) is 18.4 Å². The molecule has 0 bridgehead atoms. The van der Waals surface area contributed by atoms with E-state index in [0.29, 0.717) is 6.54 Å². The number of benzene rings is 2. The standard InChI is InChI=1S/C27H32N2OS/c1-4-6-12-17-31-26-28-24-22-16-11-10-15-21(22)18-27(3,5-2)23(24)25(30)29(26)19-20-13-8-7-9-14-20/h7-11,13-16H,4-6,12,17-19H2,1-3H3/t27-/m0/s1. The number of nitrogens with zero attached hydrogens (tertiary/aromatic N) is 2. The summed E-state index contributed by atoms with van der Waals surface area (Å²) < 4.78 is 1.92. The molecule has 4 rings (SSSR count). The summed E-state index contributed by atoms with van der Waals surface area (Å²) in [6, 6.07) is 18.7. The van der Waals surface area contributed by atoms with E-state index in [2.05, 4.69) is 57.2 Å². The van der Waals surface area contributed by atoms with Crippen LogP contribution in [0.15, 0.2) is 64.5 Å². The third kappa shape index (κ3) is 4.36. The summed E-state index contributed by atoms with van der Waals surface area (Å²) in [7, 11) is 0. The van der Waals surface area contributed by atoms with Gasteiger partial charge in [-0.2, -0.15) is 0 Å². The van der Waals surface area contributed by atoms with Crippen molar-refractivity contribution in [3.05, 3.63) is 81.6 Å². The molecular weight excluding hydrogens is 400 g/mol. The van der Waals surface area contributed by atoms with Gasteiger partial charge in [-0.15, -0.1) is 0 Å². The Morgan fingerprint density at radius 3 is 2.52 bits per heavy atom. The minimum Gasteiger partial charge on any atom is -0.283 e. The molecule has 0 unspecified atom stereocenters. The minimum atomic E-state index is -0.197. The number of hydrogen-bond acceptors (Lipinski definition) is 3. The van der Waals surface area contributed by atoms with Crippen LogP contribution in [0.25, 0.3) is 11.3 Å². The first-order chi connectivity index (χ1) is 15.1. The molecule has 1 aromatic heterocycles. The van der Waals surface area contributed by atoms with Crippen LogP contribution < -0.4 is 5.56 Å². The Kier molecular flexibility index (Phi) is 6.66. The maximum absolute atomic E-state index is 14.0. The Labute approximate surface area is 189 Å². The molecule has 0 radical (unpaired) electrons. The van der Waals surface area contributed by atoms with Gasteiger partial charge in [-0.1, -0.05) is 100.0 Å². The van der Waals surface area contributed by atoms with E-state index in [0.717, 1.165) is 52.6 Å². The monoisotopic (exact) mass is 432 g/mol. The number of aromatic nitrogens is 2. The van der Waals surface area contributed by atoms with E-state index in [-0.39, 0.29) is 11.0 Å². The van der Waals surface area contributed by atoms with Gasteiger partial charge in [0.15, 0.2) is 5.16 Å². The number of unbranched alkanes of at least 4 members (excludes halogenated alkanes) is 2. The highest BCUT2D eigenvalue weighted by Crippen LogP contribution is 2.43. The van der Waals surface area contributed by atoms with Crippen LogP contribution in [0.4, 0.5) is 0 Å². The van der Waals surface area contributed by atoms with E-state index in [1.165, 1.54) is 18.4 Å². The molecule has 0 fully saturated rings. The first-order valence-electron chi connectivity index (χ1n) is 11.5. The Morgan fingerprint density at radius 2 is 1.77 bits per heavy atom. The van der Waals surface area contributed by atoms with Crippen molar-refractivity contribution in [3.8, 4) is 11.3 Å². The lowest BCUT2D eigenvalue weighted by Crippen LogP contribution is -2.40. The molecule has 0 spiro atoms. The second-order valence-electron chi connectivity index (χ2n) is 8.80. The van der Waals surface area contributed by atoms with Crippen molar-refractivity contribution in [2.75, 3.05) is 5.75 Å². The van der Waals surface area contributed by atoms with Crippen LogP contribution in [0.5, 0.6) is 0 Å². The minimum absolute atomic E-state index is 0.130. The molecule has 0 amide bonds. The van der Waals surface area contributed by atoms with Gasteiger partial charge in [0.25, 0.3) is 5.56 Å². The zero-order chi connectivity index (χ0) is 21.8. The van der Waals surface area contributed by atoms with Crippen molar-refractivity contribution < 1.29 is 0 Å². The van der Waals surface area contributed by atoms with Gasteiger partial charge in [0, 0.05) is 16.7 Å². The van der Waals surface area contributed by atoms with Crippen LogP contribution in [0.2, 0.25) is 0 Å². The van der Waals surface area contributed by atoms with Crippen LogP contribution in [0.3, 0.4) is 0 Å². The van der Waals surface area contributed by atoms with E-state index in [4.69, 9.17) is 4.98 Å². The molecule has 2 aromatic carbocycles. The molecule has 31 heavy (non-hydrogen) atoms. The van der Waals surface area contributed by atoms with E-state index in [1.54, 1.807) is 11.8 Å². The first-order valence-corrected chi connectivity index (χ1v) is 12.5. The van der Waals surface area contributed by atoms with Crippen molar-refractivity contribution in [1.29, 1.82) is 0 Å². The van der Waals surface area contributed by atoms with Gasteiger partial charge in [-0.25, -0.2) is 4.98 Å². The highest BCUT2D eigenvalue weighted by atomic mass is 32.2. The number of rotatable bonds is 8. The predicted octanol–water partition coefficient (Wildman–Crippen LogP) is 6.46. The van der Waals surface area contributed by atoms with Crippen molar-refractivity contribution in [2.45, 2.75) is 70.0 Å². The number of thioether (sulfide) groups is 1. The zero-order valence-electron chi connectivity index (χ0n) is 18.9. The number of fused-ring (bicyclic) bond motifs is 3. The zero-order valence-corrected chi connectivity index (χ0v) is 19.7. The van der Waals surface area contributed by atoms with E-state index in [9.17, 15) is 4.79 Å². The van der Waals surface area contributed by atoms with Crippen molar-refractivity contribution >= 4 is 11.8 Å². The Bertz CT molecular complexity index is 1110. The summed E-state index contributed by atoms with van der Waals surface area (Å²) in [6.45, 7) is 7.20. The Hall–Kier alpha value is -2.33. The fourth-order valence-electron chi connectivity index (χ4n) is 4.52. The summed E-state index contributed by atoms with van der Waals surface area (Å²) in [5.74, 6) is 0.987. The molecule has 1 aliphatic carbocycles.